The summed E-state index contributed by atoms with van der Waals surface area (Å²) in [5.41, 5.74) is -1.30. The zero-order chi connectivity index (χ0) is 55.7. The van der Waals surface area contributed by atoms with E-state index >= 15 is 0 Å². The highest BCUT2D eigenvalue weighted by Crippen LogP contribution is 2.32. The Morgan fingerprint density at radius 1 is 0.623 bits per heavy atom. The fourth-order valence-corrected chi connectivity index (χ4v) is 9.64. The van der Waals surface area contributed by atoms with E-state index in [1.165, 1.54) is 17.6 Å². The van der Waals surface area contributed by atoms with Crippen LogP contribution >= 0.6 is 11.3 Å². The van der Waals surface area contributed by atoms with Gasteiger partial charge < -0.3 is 28.4 Å². The quantitative estimate of drug-likeness (QED) is 0.0170. The monoisotopic (exact) mass is 1060 g/mol. The zero-order valence-electron chi connectivity index (χ0n) is 43.7. The van der Waals surface area contributed by atoms with Gasteiger partial charge >= 0.3 is 23.9 Å². The van der Waals surface area contributed by atoms with E-state index in [0.717, 1.165) is 49.9 Å². The molecule has 0 saturated carbocycles. The molecule has 0 spiro atoms. The number of rotatable bonds is 21. The minimum Gasteiger partial charge on any atom is -0.488 e. The maximum atomic E-state index is 13.6. The van der Waals surface area contributed by atoms with Gasteiger partial charge in [0.25, 0.3) is 23.6 Å². The number of aliphatic imine (C=N–C) groups is 1. The third-order valence-electron chi connectivity index (χ3n) is 11.5. The van der Waals surface area contributed by atoms with Crippen LogP contribution in [0.2, 0.25) is 0 Å². The van der Waals surface area contributed by atoms with Crippen molar-refractivity contribution in [2.75, 3.05) is 19.7 Å². The molecule has 0 unspecified atom stereocenters. The molecule has 0 N–H and O–H groups in total. The number of hydrogen-bond donors (Lipinski definition) is 0. The average Bonchev–Trinajstić information content (AvgIpc) is 4.01. The van der Waals surface area contributed by atoms with Crippen molar-refractivity contribution >= 4 is 75.3 Å². The molecular formula is C58H56N4O14S. The molecule has 398 valence electrons. The van der Waals surface area contributed by atoms with Crippen molar-refractivity contribution in [1.82, 2.24) is 14.8 Å². The Hall–Kier alpha value is -8.76. The van der Waals surface area contributed by atoms with Crippen molar-refractivity contribution in [1.29, 1.82) is 0 Å². The van der Waals surface area contributed by atoms with Crippen molar-refractivity contribution < 1.29 is 66.8 Å². The van der Waals surface area contributed by atoms with Crippen LogP contribution in [0.4, 0.5) is 0 Å². The van der Waals surface area contributed by atoms with Gasteiger partial charge in [-0.25, -0.2) is 19.6 Å². The number of ether oxygens (including phenoxy) is 6. The number of imide groups is 2. The normalized spacial score (nSPS) is 13.8. The number of hydrogen-bond acceptors (Lipinski definition) is 17. The summed E-state index contributed by atoms with van der Waals surface area (Å²) in [6, 6.07) is 28.3. The Labute approximate surface area is 448 Å². The molecule has 1 aromatic heterocycles. The van der Waals surface area contributed by atoms with E-state index in [2.05, 4.69) is 21.9 Å². The zero-order valence-corrected chi connectivity index (χ0v) is 44.5. The number of benzene rings is 4. The lowest BCUT2D eigenvalue weighted by molar-refractivity contribution is -0.165. The first kappa shape index (κ1) is 56.0. The number of amides is 4. The molecule has 2 aliphatic heterocycles. The number of aromatic nitrogens is 1. The number of fused-ring (bicyclic) bond motifs is 1. The van der Waals surface area contributed by atoms with Crippen molar-refractivity contribution in [3.8, 4) is 29.2 Å². The molecule has 2 aliphatic rings. The van der Waals surface area contributed by atoms with Gasteiger partial charge in [0.2, 0.25) is 0 Å². The van der Waals surface area contributed by atoms with Crippen LogP contribution in [-0.4, -0.2) is 111 Å². The molecule has 0 fully saturated rings. The van der Waals surface area contributed by atoms with E-state index in [1.807, 2.05) is 52.0 Å². The highest BCUT2D eigenvalue weighted by Gasteiger charge is 2.37. The number of thiazole rings is 1. The molecule has 4 aromatic carbocycles. The van der Waals surface area contributed by atoms with Crippen LogP contribution in [0.5, 0.6) is 17.2 Å². The van der Waals surface area contributed by atoms with E-state index in [0.29, 0.717) is 28.5 Å². The van der Waals surface area contributed by atoms with Gasteiger partial charge in [-0.2, -0.15) is 0 Å². The molecule has 0 bridgehead atoms. The molecular weight excluding hydrogens is 1010 g/mol. The first-order valence-corrected chi connectivity index (χ1v) is 25.1. The van der Waals surface area contributed by atoms with Crippen LogP contribution in [0, 0.1) is 12.0 Å². The second-order valence-corrected chi connectivity index (χ2v) is 21.4. The van der Waals surface area contributed by atoms with Gasteiger partial charge in [0.15, 0.2) is 5.01 Å². The molecule has 0 aliphatic carbocycles. The first-order chi connectivity index (χ1) is 36.3. The Morgan fingerprint density at radius 2 is 1.12 bits per heavy atom. The van der Waals surface area contributed by atoms with Crippen LogP contribution in [0.25, 0.3) is 10.2 Å². The molecule has 77 heavy (non-hydrogen) atoms. The van der Waals surface area contributed by atoms with Gasteiger partial charge in [0.1, 0.15) is 52.7 Å². The van der Waals surface area contributed by atoms with Crippen LogP contribution in [0.15, 0.2) is 120 Å². The van der Waals surface area contributed by atoms with Crippen molar-refractivity contribution in [3.63, 3.8) is 0 Å². The Morgan fingerprint density at radius 3 is 1.62 bits per heavy atom. The van der Waals surface area contributed by atoms with Crippen molar-refractivity contribution in [2.45, 2.75) is 97.1 Å². The summed E-state index contributed by atoms with van der Waals surface area (Å²) in [5, 5.41) is 0.579. The third-order valence-corrected chi connectivity index (χ3v) is 12.4. The van der Waals surface area contributed by atoms with E-state index in [-0.39, 0.29) is 36.3 Å². The molecule has 5 aromatic rings. The number of nitrogens with zero attached hydrogens (tertiary/aromatic N) is 4. The minimum absolute atomic E-state index is 0.0104. The number of carbonyl (C=O) groups excluding carboxylic acids is 8. The molecule has 4 amide bonds. The lowest BCUT2D eigenvalue weighted by atomic mass is 9.92. The van der Waals surface area contributed by atoms with E-state index < -0.39 is 83.0 Å². The van der Waals surface area contributed by atoms with Crippen molar-refractivity contribution in [3.05, 3.63) is 143 Å². The van der Waals surface area contributed by atoms with Gasteiger partial charge in [-0.1, -0.05) is 18.2 Å². The van der Waals surface area contributed by atoms with E-state index in [9.17, 15) is 38.4 Å². The maximum absolute atomic E-state index is 13.6. The second kappa shape index (κ2) is 23.4. The van der Waals surface area contributed by atoms with Crippen molar-refractivity contribution in [2.24, 2.45) is 4.99 Å². The summed E-state index contributed by atoms with van der Waals surface area (Å²) in [4.78, 5) is 110. The summed E-state index contributed by atoms with van der Waals surface area (Å²) < 4.78 is 36.2. The Bertz CT molecular complexity index is 3210. The summed E-state index contributed by atoms with van der Waals surface area (Å²) in [6.07, 6.45) is 6.63. The van der Waals surface area contributed by atoms with Gasteiger partial charge in [0.05, 0.1) is 28.0 Å². The predicted octanol–water partition coefficient (Wildman–Crippen LogP) is 7.93. The fourth-order valence-electron chi connectivity index (χ4n) is 8.82. The first-order valence-electron chi connectivity index (χ1n) is 24.3. The fraction of sp³-hybridized carbons (Fsp3) is 0.310. The summed E-state index contributed by atoms with van der Waals surface area (Å²) in [5.74, 6) is -1.02. The third kappa shape index (κ3) is 15.9. The molecule has 0 atom stereocenters. The highest BCUT2D eigenvalue weighted by molar-refractivity contribution is 7.19. The summed E-state index contributed by atoms with van der Waals surface area (Å²) in [6.45, 7) is 13.0. The highest BCUT2D eigenvalue weighted by atomic mass is 32.1. The van der Waals surface area contributed by atoms with Crippen LogP contribution in [-0.2, 0) is 49.4 Å². The molecule has 7 rings (SSSR count). The standard InChI is InChI=1S/C58H56N4O14S/c1-55(2,35-57(5,6)75-51(67)33-61-47(63)23-24-48(61)64)73-41-18-14-38(15-19-41)53(69)71-30-28-37-13-22-44(40(31-37)32-59-29-27-46-60-43-11-9-10-12-45(43)77-46)72-54(70)39-16-20-42(21-17-39)74-56(3,4)36-58(7,8)76-52(68)34-62-49(65)25-26-50(62)66/h9-26,31-32H,28,30,33-36H2,1-8H3/b59-32+. The smallest absolute Gasteiger partial charge is 0.343 e. The van der Waals surface area contributed by atoms with Crippen LogP contribution in [0.1, 0.15) is 105 Å². The van der Waals surface area contributed by atoms with Gasteiger partial charge in [-0.3, -0.25) is 38.6 Å². The lowest BCUT2D eigenvalue weighted by Crippen LogP contribution is -2.43. The summed E-state index contributed by atoms with van der Waals surface area (Å²) >= 11 is 1.43. The maximum Gasteiger partial charge on any atom is 0.343 e. The van der Waals surface area contributed by atoms with E-state index in [4.69, 9.17) is 28.4 Å². The largest absolute Gasteiger partial charge is 0.488 e. The van der Waals surface area contributed by atoms with Gasteiger partial charge in [0, 0.05) is 61.4 Å². The summed E-state index contributed by atoms with van der Waals surface area (Å²) in [7, 11) is 0. The second-order valence-electron chi connectivity index (χ2n) is 20.4. The topological polar surface area (TPSA) is 224 Å². The van der Waals surface area contributed by atoms with E-state index in [1.54, 1.807) is 94.4 Å². The van der Waals surface area contributed by atoms with Crippen LogP contribution in [0.3, 0.4) is 0 Å². The van der Waals surface area contributed by atoms with Gasteiger partial charge in [-0.15, -0.1) is 11.3 Å². The predicted molar refractivity (Wildman–Crippen MR) is 283 cm³/mol. The Kier molecular flexibility index (Phi) is 17.0. The minimum atomic E-state index is -1.04. The Balaban J connectivity index is 0.948. The molecule has 0 saturated heterocycles. The average molecular weight is 1070 g/mol. The SMILES string of the molecule is CC(C)(CC(C)(C)Oc1ccc(C(=O)OCCc2ccc(OC(=O)c3ccc(OC(C)(C)CC(C)(C)OC(=O)CN4C(=O)C=CC4=O)cc3)c(/C=N/C#Cc3nc4ccccc4s3)c2)cc1)OC(=O)CN1C(=O)C=CC1=O. The molecule has 18 nitrogen and oxygen atoms in total. The molecule has 0 radical (unpaired) electrons. The number of para-hydroxylation sites is 1. The molecule has 19 heteroatoms. The lowest BCUT2D eigenvalue weighted by Gasteiger charge is -2.35. The number of carbonyl (C=O) groups is 8. The van der Waals surface area contributed by atoms with Crippen LogP contribution < -0.4 is 14.2 Å². The van der Waals surface area contributed by atoms with Gasteiger partial charge in [-0.05, 0) is 140 Å². The molecule has 3 heterocycles. The number of esters is 4.